The zero-order valence-electron chi connectivity index (χ0n) is 18.6. The summed E-state index contributed by atoms with van der Waals surface area (Å²) in [4.78, 5) is 13.1. The van der Waals surface area contributed by atoms with Crippen LogP contribution in [0.1, 0.15) is 51.9 Å². The first-order valence-corrected chi connectivity index (χ1v) is 11.4. The summed E-state index contributed by atoms with van der Waals surface area (Å²) >= 11 is 0. The molecule has 0 aliphatic heterocycles. The number of fused-ring (bicyclic) bond motifs is 5. The van der Waals surface area contributed by atoms with Crippen LogP contribution in [0.2, 0.25) is 15.7 Å². The Hall–Kier alpha value is -0.240. The van der Waals surface area contributed by atoms with E-state index >= 15 is 0 Å². The Morgan fingerprint density at radius 1 is 1.04 bits per heavy atom. The fourth-order valence-corrected chi connectivity index (χ4v) is 9.25. The fourth-order valence-electron chi connectivity index (χ4n) is 9.25. The molecule has 3 saturated carbocycles. The van der Waals surface area contributed by atoms with Crippen molar-refractivity contribution in [2.24, 2.45) is 23.2 Å². The number of hydrogen-bond acceptors (Lipinski definition) is 2. The second-order valence-corrected chi connectivity index (χ2v) is 12.0. The van der Waals surface area contributed by atoms with Crippen LogP contribution in [-0.2, 0) is 4.79 Å². The highest BCUT2D eigenvalue weighted by atomic mass is 16.3. The van der Waals surface area contributed by atoms with Gasteiger partial charge in [0.15, 0.2) is 0 Å². The lowest BCUT2D eigenvalue weighted by Crippen LogP contribution is -2.56. The molecule has 0 amide bonds. The predicted octanol–water partition coefficient (Wildman–Crippen LogP) is -2.00. The molecule has 0 heterocycles. The van der Waals surface area contributed by atoms with Crippen LogP contribution in [0.15, 0.2) is 11.0 Å². The van der Waals surface area contributed by atoms with E-state index < -0.39 is 0 Å². The molecule has 1 N–H and O–H groups in total. The molecule has 4 aliphatic carbocycles. The smallest absolute Gasteiger partial charge is 0.143 e. The van der Waals surface area contributed by atoms with E-state index in [1.54, 1.807) is 0 Å². The number of rotatable bonds is 1. The summed E-state index contributed by atoms with van der Waals surface area (Å²) in [7, 11) is 13.7. The number of aliphatic hydroxyl groups is 1. The van der Waals surface area contributed by atoms with Crippen molar-refractivity contribution in [3.05, 3.63) is 11.0 Å². The van der Waals surface area contributed by atoms with E-state index in [0.717, 1.165) is 24.7 Å². The lowest BCUT2D eigenvalue weighted by atomic mass is 9.25. The molecule has 2 nitrogen and oxygen atoms in total. The van der Waals surface area contributed by atoms with Crippen LogP contribution < -0.4 is 0 Å². The molecule has 4 rings (SSSR count). The van der Waals surface area contributed by atoms with Crippen LogP contribution in [0, 0.1) is 23.2 Å². The minimum Gasteiger partial charge on any atom is -0.393 e. The largest absolute Gasteiger partial charge is 0.393 e. The molecule has 27 heavy (non-hydrogen) atoms. The maximum Gasteiger partial charge on any atom is 0.143 e. The first kappa shape index (κ1) is 20.0. The van der Waals surface area contributed by atoms with Gasteiger partial charge in [0.05, 0.1) is 6.10 Å². The molecule has 0 aromatic rings. The van der Waals surface area contributed by atoms with Crippen molar-refractivity contribution in [2.45, 2.75) is 73.7 Å². The second kappa shape index (κ2) is 5.89. The number of hydrogen-bond donors (Lipinski definition) is 1. The van der Waals surface area contributed by atoms with E-state index in [1.807, 2.05) is 0 Å². The van der Waals surface area contributed by atoms with Crippen molar-refractivity contribution in [3.63, 3.8) is 0 Å². The summed E-state index contributed by atoms with van der Waals surface area (Å²) in [5.41, 5.74) is 2.70. The Balaban J connectivity index is 1.85. The van der Waals surface area contributed by atoms with Crippen LogP contribution >= 0.6 is 0 Å². The Morgan fingerprint density at radius 3 is 2.33 bits per heavy atom. The van der Waals surface area contributed by atoms with Gasteiger partial charge in [-0.25, -0.2) is 0 Å². The topological polar surface area (TPSA) is 37.3 Å². The molecule has 0 bridgehead atoms. The normalized spacial score (nSPS) is 47.9. The molecule has 6 unspecified atom stereocenters. The van der Waals surface area contributed by atoms with Crippen LogP contribution in [0.4, 0.5) is 0 Å². The minimum absolute atomic E-state index is 0.0799. The number of aliphatic hydroxyl groups excluding tert-OH is 1. The second-order valence-electron chi connectivity index (χ2n) is 12.0. The van der Waals surface area contributed by atoms with E-state index in [9.17, 15) is 9.90 Å². The van der Waals surface area contributed by atoms with Crippen molar-refractivity contribution in [2.75, 3.05) is 0 Å². The molecule has 4 aliphatic rings. The molecule has 3 fully saturated rings. The molecule has 8 heteroatoms. The lowest BCUT2D eigenvalue weighted by Gasteiger charge is -2.65. The molecule has 6 atom stereocenters. The third kappa shape index (κ3) is 2.47. The molecule has 0 aromatic carbocycles. The summed E-state index contributed by atoms with van der Waals surface area (Å²) in [5, 5.41) is 10.8. The van der Waals surface area contributed by atoms with Gasteiger partial charge in [-0.2, -0.15) is 0 Å². The monoisotopic (exact) mass is 360 g/mol. The summed E-state index contributed by atoms with van der Waals surface area (Å²) in [6.07, 6.45) is 7.77. The fraction of sp³-hybridized carbons (Fsp3) is 0.842. The van der Waals surface area contributed by atoms with Gasteiger partial charge in [0.2, 0.25) is 0 Å². The highest BCUT2D eigenvalue weighted by Gasteiger charge is 2.64. The molecular formula is C19H34B6O2. The van der Waals surface area contributed by atoms with E-state index in [-0.39, 0.29) is 27.3 Å². The quantitative estimate of drug-likeness (QED) is 0.550. The predicted molar refractivity (Wildman–Crippen MR) is 128 cm³/mol. The first-order valence-electron chi connectivity index (χ1n) is 11.4. The van der Waals surface area contributed by atoms with E-state index in [2.05, 4.69) is 54.0 Å². The maximum atomic E-state index is 13.1. The zero-order valence-corrected chi connectivity index (χ0v) is 18.6. The van der Waals surface area contributed by atoms with Crippen molar-refractivity contribution < 1.29 is 9.90 Å². The van der Waals surface area contributed by atoms with Gasteiger partial charge in [-0.1, -0.05) is 30.6 Å². The molecule has 0 spiro atoms. The lowest BCUT2D eigenvalue weighted by molar-refractivity contribution is -0.117. The van der Waals surface area contributed by atoms with Crippen LogP contribution in [0.3, 0.4) is 0 Å². The van der Waals surface area contributed by atoms with Crippen molar-refractivity contribution >= 4 is 52.9 Å². The van der Waals surface area contributed by atoms with Crippen LogP contribution in [0.25, 0.3) is 0 Å². The van der Waals surface area contributed by atoms with Gasteiger partial charge >= 0.3 is 0 Å². The summed E-state index contributed by atoms with van der Waals surface area (Å²) in [5.74, 6) is 2.39. The van der Waals surface area contributed by atoms with E-state index in [1.165, 1.54) is 31.3 Å². The molecule has 0 radical (unpaired) electrons. The molecule has 0 aromatic heterocycles. The van der Waals surface area contributed by atoms with Crippen molar-refractivity contribution in [1.29, 1.82) is 0 Å². The molecule has 140 valence electrons. The van der Waals surface area contributed by atoms with Crippen LogP contribution in [0.5, 0.6) is 0 Å². The Morgan fingerprint density at radius 2 is 1.70 bits per heavy atom. The standard InChI is InChI=1S/C19H34B6O2/c1-2-16-6-5-11-9(10(16)3-4-12(16)26)7-18(22,23)14-13(20)15(27)19(24,25)8-17(11,14)21/h9-12,26H,2-8,20-25H2,1H3. The van der Waals surface area contributed by atoms with Crippen molar-refractivity contribution in [3.8, 4) is 0 Å². The average molecular weight is 359 g/mol. The van der Waals surface area contributed by atoms with Crippen molar-refractivity contribution in [1.82, 2.24) is 0 Å². The number of carbonyl (C=O) groups excluding carboxylic acids is 1. The van der Waals surface area contributed by atoms with Crippen LogP contribution in [-0.4, -0.2) is 64.1 Å². The van der Waals surface area contributed by atoms with E-state index in [0.29, 0.717) is 23.5 Å². The summed E-state index contributed by atoms with van der Waals surface area (Å²) in [6, 6.07) is 0. The first-order chi connectivity index (χ1) is 12.4. The highest BCUT2D eigenvalue weighted by Crippen LogP contribution is 2.73. The van der Waals surface area contributed by atoms with Gasteiger partial charge < -0.3 is 5.11 Å². The Bertz CT molecular complexity index is 719. The van der Waals surface area contributed by atoms with Gasteiger partial charge in [-0.05, 0) is 71.3 Å². The maximum absolute atomic E-state index is 13.1. The highest BCUT2D eigenvalue weighted by molar-refractivity contribution is 6.59. The third-order valence-corrected chi connectivity index (χ3v) is 9.72. The number of Topliss-reactive ketones (excluding diaryl/α,β-unsaturated/α-hetero) is 1. The summed E-state index contributed by atoms with van der Waals surface area (Å²) < 4.78 is 0. The number of allylic oxidation sites excluding steroid dienone is 1. The minimum atomic E-state index is -0.255. The van der Waals surface area contributed by atoms with Gasteiger partial charge in [0.1, 0.15) is 52.9 Å². The van der Waals surface area contributed by atoms with E-state index in [4.69, 9.17) is 0 Å². The SMILES string of the molecule is BC1=C2C(B)(B)CC3C(CCC4(CC)C(O)CCC34)C2(B)CC(B)(B)C1=O. The zero-order chi connectivity index (χ0) is 20.0. The van der Waals surface area contributed by atoms with Gasteiger partial charge in [0.25, 0.3) is 0 Å². The van der Waals surface area contributed by atoms with Gasteiger partial charge in [-0.15, -0.1) is 0 Å². The molecular weight excluding hydrogens is 325 g/mol. The third-order valence-electron chi connectivity index (χ3n) is 9.72. The Kier molecular flexibility index (Phi) is 4.38. The molecule has 0 saturated heterocycles. The average Bonchev–Trinajstić information content (AvgIpc) is 2.89. The number of ketones is 1. The van der Waals surface area contributed by atoms with Gasteiger partial charge in [0, 0.05) is 0 Å². The van der Waals surface area contributed by atoms with Gasteiger partial charge in [-0.3, -0.25) is 4.79 Å². The Labute approximate surface area is 170 Å². The summed E-state index contributed by atoms with van der Waals surface area (Å²) in [6.45, 7) is 2.30. The number of carbonyl (C=O) groups is 1.